The summed E-state index contributed by atoms with van der Waals surface area (Å²) in [5.41, 5.74) is 3.86. The standard InChI is InChI=1S/C19H19FN2O2S/c1-12-14-5-4-7-17(14)22-19(15(12)9-21)25-11-13(23)10-24-18-8-3-2-6-16(18)20/h2-3,6,8,13,23H,4-5,7,10-11H2,1H3/t13-/m1/s1. The molecule has 0 spiro atoms. The molecular formula is C19H19FN2O2S. The highest BCUT2D eigenvalue weighted by molar-refractivity contribution is 7.99. The maximum Gasteiger partial charge on any atom is 0.165 e. The molecule has 1 aliphatic rings. The lowest BCUT2D eigenvalue weighted by Gasteiger charge is -2.14. The van der Waals surface area contributed by atoms with Crippen molar-refractivity contribution in [3.05, 3.63) is 52.5 Å². The van der Waals surface area contributed by atoms with E-state index in [1.165, 1.54) is 29.5 Å². The minimum Gasteiger partial charge on any atom is -0.488 e. The van der Waals surface area contributed by atoms with E-state index >= 15 is 0 Å². The van der Waals surface area contributed by atoms with Crippen molar-refractivity contribution in [3.8, 4) is 11.8 Å². The summed E-state index contributed by atoms with van der Waals surface area (Å²) in [5, 5.41) is 20.2. The van der Waals surface area contributed by atoms with Gasteiger partial charge in [-0.3, -0.25) is 0 Å². The van der Waals surface area contributed by atoms with Gasteiger partial charge in [0.1, 0.15) is 17.7 Å². The molecule has 1 aliphatic carbocycles. The van der Waals surface area contributed by atoms with E-state index in [1.54, 1.807) is 12.1 Å². The van der Waals surface area contributed by atoms with Gasteiger partial charge in [-0.15, -0.1) is 11.8 Å². The van der Waals surface area contributed by atoms with Crippen LogP contribution < -0.4 is 4.74 Å². The van der Waals surface area contributed by atoms with Crippen molar-refractivity contribution in [2.45, 2.75) is 37.3 Å². The van der Waals surface area contributed by atoms with Crippen molar-refractivity contribution >= 4 is 11.8 Å². The number of fused-ring (bicyclic) bond motifs is 1. The van der Waals surface area contributed by atoms with E-state index in [0.29, 0.717) is 16.3 Å². The van der Waals surface area contributed by atoms with E-state index in [0.717, 1.165) is 30.5 Å². The first-order valence-corrected chi connectivity index (χ1v) is 9.19. The Morgan fingerprint density at radius 2 is 2.20 bits per heavy atom. The molecule has 3 rings (SSSR count). The van der Waals surface area contributed by atoms with Gasteiger partial charge in [-0.05, 0) is 49.4 Å². The summed E-state index contributed by atoms with van der Waals surface area (Å²) in [6.07, 6.45) is 2.20. The van der Waals surface area contributed by atoms with E-state index in [2.05, 4.69) is 11.1 Å². The molecule has 25 heavy (non-hydrogen) atoms. The number of para-hydroxylation sites is 1. The van der Waals surface area contributed by atoms with Gasteiger partial charge in [0.25, 0.3) is 0 Å². The SMILES string of the molecule is Cc1c(C#N)c(SC[C@H](O)COc2ccccc2F)nc2c1CCC2. The summed E-state index contributed by atoms with van der Waals surface area (Å²) in [6, 6.07) is 8.33. The molecule has 0 aliphatic heterocycles. The third-order valence-electron chi connectivity index (χ3n) is 4.26. The van der Waals surface area contributed by atoms with E-state index in [4.69, 9.17) is 4.74 Å². The molecule has 0 unspecified atom stereocenters. The number of aliphatic hydroxyl groups is 1. The molecule has 1 heterocycles. The van der Waals surface area contributed by atoms with Gasteiger partial charge in [-0.2, -0.15) is 5.26 Å². The predicted molar refractivity (Wildman–Crippen MR) is 94.3 cm³/mol. The zero-order chi connectivity index (χ0) is 17.8. The zero-order valence-corrected chi connectivity index (χ0v) is 14.8. The molecule has 0 radical (unpaired) electrons. The third-order valence-corrected chi connectivity index (χ3v) is 5.38. The minimum absolute atomic E-state index is 0.0141. The number of aromatic nitrogens is 1. The number of rotatable bonds is 6. The normalized spacial score (nSPS) is 14.0. The highest BCUT2D eigenvalue weighted by atomic mass is 32.2. The number of benzene rings is 1. The Labute approximate surface area is 150 Å². The molecule has 0 saturated heterocycles. The molecule has 4 nitrogen and oxygen atoms in total. The van der Waals surface area contributed by atoms with E-state index in [-0.39, 0.29) is 12.4 Å². The van der Waals surface area contributed by atoms with Crippen LogP contribution in [0, 0.1) is 24.1 Å². The minimum atomic E-state index is -0.786. The third kappa shape index (κ3) is 3.94. The van der Waals surface area contributed by atoms with E-state index < -0.39 is 11.9 Å². The number of hydrogen-bond acceptors (Lipinski definition) is 5. The van der Waals surface area contributed by atoms with Gasteiger partial charge in [0.2, 0.25) is 0 Å². The zero-order valence-electron chi connectivity index (χ0n) is 14.0. The largest absolute Gasteiger partial charge is 0.488 e. The fourth-order valence-corrected chi connectivity index (χ4v) is 3.92. The summed E-state index contributed by atoms with van der Waals surface area (Å²) in [5.74, 6) is -0.00486. The van der Waals surface area contributed by atoms with Crippen LogP contribution in [0.3, 0.4) is 0 Å². The number of halogens is 1. The highest BCUT2D eigenvalue weighted by Crippen LogP contribution is 2.32. The Bertz CT molecular complexity index is 820. The second kappa shape index (κ2) is 7.85. The quantitative estimate of drug-likeness (QED) is 0.802. The van der Waals surface area contributed by atoms with E-state index in [9.17, 15) is 14.8 Å². The van der Waals surface area contributed by atoms with Gasteiger partial charge in [-0.25, -0.2) is 9.37 Å². The smallest absolute Gasteiger partial charge is 0.165 e. The van der Waals surface area contributed by atoms with Crippen LogP contribution in [0.25, 0.3) is 0 Å². The molecule has 6 heteroatoms. The Morgan fingerprint density at radius 1 is 1.40 bits per heavy atom. The Hall–Kier alpha value is -2.10. The predicted octanol–water partition coefficient (Wildman–Crippen LogP) is 3.42. The second-order valence-electron chi connectivity index (χ2n) is 6.01. The molecule has 1 atom stereocenters. The molecule has 130 valence electrons. The Kier molecular flexibility index (Phi) is 5.57. The summed E-state index contributed by atoms with van der Waals surface area (Å²) >= 11 is 1.34. The van der Waals surface area contributed by atoms with Crippen LogP contribution in [0.2, 0.25) is 0 Å². The lowest BCUT2D eigenvalue weighted by Crippen LogP contribution is -2.20. The van der Waals surface area contributed by atoms with Crippen LogP contribution in [-0.4, -0.2) is 28.6 Å². The highest BCUT2D eigenvalue weighted by Gasteiger charge is 2.21. The maximum absolute atomic E-state index is 13.5. The number of nitriles is 1. The average Bonchev–Trinajstić information content (AvgIpc) is 3.08. The molecule has 1 aromatic carbocycles. The van der Waals surface area contributed by atoms with Gasteiger partial charge in [0.15, 0.2) is 11.6 Å². The molecule has 0 saturated carbocycles. The Morgan fingerprint density at radius 3 is 2.96 bits per heavy atom. The molecule has 0 fully saturated rings. The van der Waals surface area contributed by atoms with Gasteiger partial charge in [0.05, 0.1) is 11.7 Å². The molecule has 0 amide bonds. The van der Waals surface area contributed by atoms with Crippen LogP contribution in [0.15, 0.2) is 29.3 Å². The van der Waals surface area contributed by atoms with Crippen molar-refractivity contribution < 1.29 is 14.2 Å². The average molecular weight is 358 g/mol. The maximum atomic E-state index is 13.5. The monoisotopic (exact) mass is 358 g/mol. The Balaban J connectivity index is 1.63. The number of pyridine rings is 1. The van der Waals surface area contributed by atoms with Crippen LogP contribution in [0.5, 0.6) is 5.75 Å². The van der Waals surface area contributed by atoms with Crippen LogP contribution >= 0.6 is 11.8 Å². The number of hydrogen-bond donors (Lipinski definition) is 1. The first-order valence-electron chi connectivity index (χ1n) is 8.20. The van der Waals surface area contributed by atoms with Crippen LogP contribution in [0.1, 0.15) is 28.8 Å². The molecule has 1 N–H and O–H groups in total. The fourth-order valence-electron chi connectivity index (χ4n) is 2.95. The van der Waals surface area contributed by atoms with Crippen molar-refractivity contribution in [3.63, 3.8) is 0 Å². The molecule has 1 aromatic heterocycles. The van der Waals surface area contributed by atoms with Crippen LogP contribution in [-0.2, 0) is 12.8 Å². The van der Waals surface area contributed by atoms with Crippen molar-refractivity contribution in [1.29, 1.82) is 5.26 Å². The summed E-state index contributed by atoms with van der Waals surface area (Å²) in [4.78, 5) is 4.62. The second-order valence-corrected chi connectivity index (χ2v) is 7.02. The first-order chi connectivity index (χ1) is 12.1. The topological polar surface area (TPSA) is 66.1 Å². The van der Waals surface area contributed by atoms with Gasteiger partial charge >= 0.3 is 0 Å². The first kappa shape index (κ1) is 17.7. The van der Waals surface area contributed by atoms with Gasteiger partial charge in [0, 0.05) is 11.4 Å². The van der Waals surface area contributed by atoms with Crippen LogP contribution in [0.4, 0.5) is 4.39 Å². The number of nitrogens with zero attached hydrogens (tertiary/aromatic N) is 2. The number of aryl methyl sites for hydroxylation is 1. The number of thioether (sulfide) groups is 1. The van der Waals surface area contributed by atoms with E-state index in [1.807, 2.05) is 6.92 Å². The van der Waals surface area contributed by atoms with Crippen molar-refractivity contribution in [2.24, 2.45) is 0 Å². The summed E-state index contributed by atoms with van der Waals surface area (Å²) < 4.78 is 18.8. The number of ether oxygens (including phenoxy) is 1. The van der Waals surface area contributed by atoms with Gasteiger partial charge < -0.3 is 9.84 Å². The number of aliphatic hydroxyl groups excluding tert-OH is 1. The van der Waals surface area contributed by atoms with Crippen molar-refractivity contribution in [2.75, 3.05) is 12.4 Å². The lowest BCUT2D eigenvalue weighted by molar-refractivity contribution is 0.123. The molecule has 2 aromatic rings. The lowest BCUT2D eigenvalue weighted by atomic mass is 10.0. The fraction of sp³-hybridized carbons (Fsp3) is 0.368. The molecule has 0 bridgehead atoms. The summed E-state index contributed by atoms with van der Waals surface area (Å²) in [7, 11) is 0. The summed E-state index contributed by atoms with van der Waals surface area (Å²) in [6.45, 7) is 1.95. The van der Waals surface area contributed by atoms with Crippen molar-refractivity contribution in [1.82, 2.24) is 4.98 Å². The molecular weight excluding hydrogens is 339 g/mol. The van der Waals surface area contributed by atoms with Gasteiger partial charge in [-0.1, -0.05) is 12.1 Å².